The van der Waals surface area contributed by atoms with Crippen molar-refractivity contribution in [2.24, 2.45) is 28.1 Å². The number of carboxylic acid groups (broad SMARTS) is 1. The van der Waals surface area contributed by atoms with Crippen molar-refractivity contribution in [1.82, 2.24) is 20.9 Å². The molecule has 2 aromatic carbocycles. The van der Waals surface area contributed by atoms with Crippen molar-refractivity contribution in [3.8, 4) is 5.75 Å². The number of aliphatic carboxylic acids is 1. The molecule has 0 saturated heterocycles. The summed E-state index contributed by atoms with van der Waals surface area (Å²) in [5.74, 6) is -3.50. The molecule has 12 N–H and O–H groups in total. The van der Waals surface area contributed by atoms with Crippen LogP contribution in [-0.4, -0.2) is 75.6 Å². The van der Waals surface area contributed by atoms with Gasteiger partial charge in [0.15, 0.2) is 5.96 Å². The molecule has 0 saturated carbocycles. The number of carboxylic acids is 1. The van der Waals surface area contributed by atoms with Crippen LogP contribution in [0.4, 0.5) is 0 Å². The highest BCUT2D eigenvalue weighted by Crippen LogP contribution is 2.19. The van der Waals surface area contributed by atoms with Crippen molar-refractivity contribution < 1.29 is 29.4 Å². The molecular weight excluding hydrogens is 592 g/mol. The molecule has 1 aromatic heterocycles. The van der Waals surface area contributed by atoms with Crippen LogP contribution < -0.4 is 33.2 Å². The van der Waals surface area contributed by atoms with Gasteiger partial charge in [0.2, 0.25) is 17.7 Å². The van der Waals surface area contributed by atoms with Crippen molar-refractivity contribution in [1.29, 1.82) is 0 Å². The monoisotopic (exact) mass is 636 g/mol. The van der Waals surface area contributed by atoms with Gasteiger partial charge in [0, 0.05) is 30.1 Å². The molecule has 0 aliphatic rings. The number of phenolic OH excluding ortho intramolecular Hbond substituents is 1. The highest BCUT2D eigenvalue weighted by Gasteiger charge is 2.32. The molecule has 3 aromatic rings. The number of hydrogen-bond donors (Lipinski definition) is 9. The van der Waals surface area contributed by atoms with Crippen LogP contribution in [0.1, 0.15) is 44.2 Å². The summed E-state index contributed by atoms with van der Waals surface area (Å²) in [6, 6.07) is 9.23. The van der Waals surface area contributed by atoms with Gasteiger partial charge in [0.25, 0.3) is 0 Å². The second-order valence-corrected chi connectivity index (χ2v) is 11.3. The number of hydrogen-bond acceptors (Lipinski definition) is 7. The fraction of sp³-hybridized carbons (Fsp3) is 0.406. The maximum Gasteiger partial charge on any atom is 0.326 e. The van der Waals surface area contributed by atoms with E-state index in [4.69, 9.17) is 17.2 Å². The van der Waals surface area contributed by atoms with E-state index < -0.39 is 47.9 Å². The van der Waals surface area contributed by atoms with Gasteiger partial charge in [-0.05, 0) is 54.5 Å². The molecule has 46 heavy (non-hydrogen) atoms. The van der Waals surface area contributed by atoms with Crippen LogP contribution >= 0.6 is 0 Å². The Morgan fingerprint density at radius 1 is 0.913 bits per heavy atom. The van der Waals surface area contributed by atoms with E-state index in [-0.39, 0.29) is 43.4 Å². The third-order valence-electron chi connectivity index (χ3n) is 7.81. The number of nitrogens with two attached hydrogens (primary N) is 3. The first-order chi connectivity index (χ1) is 21.9. The number of guanidine groups is 1. The van der Waals surface area contributed by atoms with Gasteiger partial charge in [-0.1, -0.05) is 50.6 Å². The minimum absolute atomic E-state index is 0.00419. The van der Waals surface area contributed by atoms with Crippen LogP contribution in [0.2, 0.25) is 0 Å². The summed E-state index contributed by atoms with van der Waals surface area (Å²) in [5.41, 5.74) is 19.2. The van der Waals surface area contributed by atoms with E-state index in [2.05, 4.69) is 25.9 Å². The van der Waals surface area contributed by atoms with Crippen LogP contribution in [0.25, 0.3) is 10.9 Å². The molecule has 0 aliphatic heterocycles. The first kappa shape index (κ1) is 35.4. The third kappa shape index (κ3) is 10.2. The van der Waals surface area contributed by atoms with Gasteiger partial charge in [-0.3, -0.25) is 19.4 Å². The normalized spacial score (nSPS) is 14.3. The number of carbonyl (C=O) groups excluding carboxylic acids is 3. The van der Waals surface area contributed by atoms with Crippen LogP contribution in [0.5, 0.6) is 5.75 Å². The van der Waals surface area contributed by atoms with Crippen molar-refractivity contribution >= 4 is 40.6 Å². The van der Waals surface area contributed by atoms with E-state index >= 15 is 0 Å². The van der Waals surface area contributed by atoms with Crippen LogP contribution in [0.3, 0.4) is 0 Å². The molecule has 3 rings (SSSR count). The lowest BCUT2D eigenvalue weighted by molar-refractivity contribution is -0.142. The smallest absolute Gasteiger partial charge is 0.326 e. The number of carbonyl (C=O) groups is 4. The van der Waals surface area contributed by atoms with E-state index in [1.165, 1.54) is 12.1 Å². The molecule has 0 radical (unpaired) electrons. The molecule has 1 heterocycles. The molecule has 14 nitrogen and oxygen atoms in total. The number of aliphatic imine (C=N–C) groups is 1. The van der Waals surface area contributed by atoms with Gasteiger partial charge in [0.1, 0.15) is 23.9 Å². The zero-order chi connectivity index (χ0) is 33.8. The highest BCUT2D eigenvalue weighted by atomic mass is 16.4. The molecule has 248 valence electrons. The fourth-order valence-corrected chi connectivity index (χ4v) is 4.97. The Morgan fingerprint density at radius 3 is 2.24 bits per heavy atom. The molecule has 5 unspecified atom stereocenters. The van der Waals surface area contributed by atoms with Gasteiger partial charge in [0.05, 0.1) is 6.04 Å². The summed E-state index contributed by atoms with van der Waals surface area (Å²) in [7, 11) is 0. The molecule has 3 amide bonds. The third-order valence-corrected chi connectivity index (χ3v) is 7.81. The van der Waals surface area contributed by atoms with E-state index in [0.717, 1.165) is 16.5 Å². The number of fused-ring (bicyclic) bond motifs is 1. The average Bonchev–Trinajstić information content (AvgIpc) is 3.43. The predicted octanol–water partition coefficient (Wildman–Crippen LogP) is 0.625. The zero-order valence-corrected chi connectivity index (χ0v) is 26.0. The number of aromatic amines is 1. The lowest BCUT2D eigenvalue weighted by Crippen LogP contribution is -2.59. The number of aromatic hydroxyl groups is 1. The molecule has 14 heteroatoms. The van der Waals surface area contributed by atoms with Crippen LogP contribution in [0.15, 0.2) is 59.7 Å². The number of nitrogens with one attached hydrogen (secondary N) is 4. The predicted molar refractivity (Wildman–Crippen MR) is 175 cm³/mol. The minimum atomic E-state index is -1.29. The number of rotatable bonds is 17. The number of phenols is 1. The zero-order valence-electron chi connectivity index (χ0n) is 26.0. The Balaban J connectivity index is 1.75. The second kappa shape index (κ2) is 16.8. The van der Waals surface area contributed by atoms with E-state index in [1.807, 2.05) is 31.2 Å². The Bertz CT molecular complexity index is 1520. The number of para-hydroxylation sites is 1. The minimum Gasteiger partial charge on any atom is -0.508 e. The summed E-state index contributed by atoms with van der Waals surface area (Å²) in [4.78, 5) is 59.4. The van der Waals surface area contributed by atoms with Crippen molar-refractivity contribution in [2.75, 3.05) is 6.54 Å². The molecule has 0 spiro atoms. The number of H-pyrrole nitrogens is 1. The second-order valence-electron chi connectivity index (χ2n) is 11.3. The van der Waals surface area contributed by atoms with Crippen molar-refractivity contribution in [3.05, 3.63) is 65.9 Å². The topological polar surface area (TPSA) is 251 Å². The SMILES string of the molecule is CCC(C)C(NC(=O)C(N)Cc1ccc(O)cc1)C(=O)NC(CCCN=C(N)N)C(=O)NC(Cc1c[nH]c2ccccc12)C(=O)O. The summed E-state index contributed by atoms with van der Waals surface area (Å²) >= 11 is 0. The van der Waals surface area contributed by atoms with E-state index in [1.54, 1.807) is 25.3 Å². The van der Waals surface area contributed by atoms with E-state index in [9.17, 15) is 29.4 Å². The molecule has 0 fully saturated rings. The van der Waals surface area contributed by atoms with Gasteiger partial charge in [-0.25, -0.2) is 4.79 Å². The Labute approximate surface area is 267 Å². The Kier molecular flexibility index (Phi) is 12.9. The fourth-order valence-electron chi connectivity index (χ4n) is 4.97. The maximum absolute atomic E-state index is 13.6. The number of amides is 3. The molecule has 0 aliphatic carbocycles. The average molecular weight is 637 g/mol. The van der Waals surface area contributed by atoms with Crippen LogP contribution in [-0.2, 0) is 32.0 Å². The largest absolute Gasteiger partial charge is 0.508 e. The standard InChI is InChI=1S/C32H44N8O6/c1-3-18(2)27(40-28(42)23(33)15-19-10-12-21(41)13-11-19)30(44)38-25(9-6-14-36-32(34)35)29(43)39-26(31(45)46)16-20-17-37-24-8-5-4-7-22(20)24/h4-5,7-8,10-13,17-18,23,25-27,37,41H,3,6,9,14-16,33H2,1-2H3,(H,38,44)(H,39,43)(H,40,42)(H,45,46)(H4,34,35,36). The number of aromatic nitrogens is 1. The number of nitrogens with zero attached hydrogens (tertiary/aromatic N) is 1. The van der Waals surface area contributed by atoms with Gasteiger partial charge < -0.3 is 48.3 Å². The first-order valence-electron chi connectivity index (χ1n) is 15.2. The van der Waals surface area contributed by atoms with Crippen molar-refractivity contribution in [2.45, 2.75) is 70.1 Å². The van der Waals surface area contributed by atoms with Gasteiger partial charge >= 0.3 is 5.97 Å². The number of benzene rings is 2. The summed E-state index contributed by atoms with van der Waals surface area (Å²) in [6.45, 7) is 3.82. The van der Waals surface area contributed by atoms with Crippen molar-refractivity contribution in [3.63, 3.8) is 0 Å². The lowest BCUT2D eigenvalue weighted by atomic mass is 9.96. The Morgan fingerprint density at radius 2 is 1.59 bits per heavy atom. The first-order valence-corrected chi connectivity index (χ1v) is 15.2. The Hall–Kier alpha value is -5.11. The molecule has 5 atom stereocenters. The quantitative estimate of drug-likeness (QED) is 0.0571. The van der Waals surface area contributed by atoms with Gasteiger partial charge in [-0.2, -0.15) is 0 Å². The lowest BCUT2D eigenvalue weighted by Gasteiger charge is -2.28. The molecular formula is C32H44N8O6. The van der Waals surface area contributed by atoms with Gasteiger partial charge in [-0.15, -0.1) is 0 Å². The van der Waals surface area contributed by atoms with E-state index in [0.29, 0.717) is 18.4 Å². The molecule has 0 bridgehead atoms. The summed E-state index contributed by atoms with van der Waals surface area (Å²) in [6.07, 6.45) is 2.79. The summed E-state index contributed by atoms with van der Waals surface area (Å²) in [5, 5.41) is 28.3. The van der Waals surface area contributed by atoms with Crippen LogP contribution in [0, 0.1) is 5.92 Å². The summed E-state index contributed by atoms with van der Waals surface area (Å²) < 4.78 is 0. The maximum atomic E-state index is 13.6. The highest BCUT2D eigenvalue weighted by molar-refractivity contribution is 5.94.